The van der Waals surface area contributed by atoms with Crippen molar-refractivity contribution in [1.82, 2.24) is 34.4 Å². The average molecular weight is 355 g/mol. The van der Waals surface area contributed by atoms with Crippen LogP contribution in [0, 0.1) is 5.41 Å². The van der Waals surface area contributed by atoms with Crippen LogP contribution in [-0.4, -0.2) is 53.4 Å². The Bertz CT molecular complexity index is 796. The predicted molar refractivity (Wildman–Crippen MR) is 93.3 cm³/mol. The van der Waals surface area contributed by atoms with E-state index in [0.717, 1.165) is 50.4 Å². The molecule has 2 saturated carbocycles. The van der Waals surface area contributed by atoms with Gasteiger partial charge in [0.2, 0.25) is 5.91 Å². The minimum atomic E-state index is -0.0636. The normalized spacial score (nSPS) is 22.6. The molecule has 8 nitrogen and oxygen atoms in total. The van der Waals surface area contributed by atoms with Gasteiger partial charge in [-0.15, -0.1) is 10.2 Å². The molecule has 5 rings (SSSR count). The zero-order valence-electron chi connectivity index (χ0n) is 15.2. The molecule has 2 aliphatic carbocycles. The van der Waals surface area contributed by atoms with Gasteiger partial charge in [-0.25, -0.2) is 9.67 Å². The van der Waals surface area contributed by atoms with Crippen LogP contribution < -0.4 is 0 Å². The summed E-state index contributed by atoms with van der Waals surface area (Å²) in [6.45, 7) is 4.39. The van der Waals surface area contributed by atoms with E-state index in [1.807, 2.05) is 0 Å². The lowest BCUT2D eigenvalue weighted by atomic mass is 9.94. The fourth-order valence-electron chi connectivity index (χ4n) is 4.04. The molecule has 0 aromatic carbocycles. The van der Waals surface area contributed by atoms with Crippen LogP contribution in [0.25, 0.3) is 0 Å². The molecule has 138 valence electrons. The van der Waals surface area contributed by atoms with Crippen LogP contribution in [-0.2, 0) is 11.3 Å². The van der Waals surface area contributed by atoms with E-state index < -0.39 is 0 Å². The Morgan fingerprint density at radius 3 is 2.58 bits per heavy atom. The van der Waals surface area contributed by atoms with Crippen molar-refractivity contribution in [3.8, 4) is 0 Å². The zero-order valence-corrected chi connectivity index (χ0v) is 15.2. The van der Waals surface area contributed by atoms with Crippen molar-refractivity contribution < 1.29 is 4.79 Å². The number of carbonyl (C=O) groups excluding carboxylic acids is 1. The van der Waals surface area contributed by atoms with Gasteiger partial charge in [0.25, 0.3) is 0 Å². The van der Waals surface area contributed by atoms with Crippen LogP contribution in [0.15, 0.2) is 12.7 Å². The van der Waals surface area contributed by atoms with Crippen LogP contribution in [0.2, 0.25) is 0 Å². The van der Waals surface area contributed by atoms with Gasteiger partial charge in [0, 0.05) is 30.5 Å². The minimum absolute atomic E-state index is 0.0636. The first-order chi connectivity index (χ1) is 12.6. The highest BCUT2D eigenvalue weighted by molar-refractivity contribution is 5.85. The maximum Gasteiger partial charge on any atom is 0.228 e. The van der Waals surface area contributed by atoms with E-state index in [2.05, 4.69) is 36.7 Å². The molecule has 0 bridgehead atoms. The maximum atomic E-state index is 12.6. The number of nitrogens with zero attached hydrogens (tertiary/aromatic N) is 7. The van der Waals surface area contributed by atoms with Gasteiger partial charge in [-0.3, -0.25) is 4.79 Å². The maximum absolute atomic E-state index is 12.6. The van der Waals surface area contributed by atoms with Crippen molar-refractivity contribution in [3.63, 3.8) is 0 Å². The van der Waals surface area contributed by atoms with Gasteiger partial charge in [-0.2, -0.15) is 5.10 Å². The van der Waals surface area contributed by atoms with E-state index in [0.29, 0.717) is 24.4 Å². The van der Waals surface area contributed by atoms with Crippen molar-refractivity contribution >= 4 is 5.91 Å². The molecular formula is C18H25N7O. The lowest BCUT2D eigenvalue weighted by molar-refractivity contribution is -0.137. The highest BCUT2D eigenvalue weighted by Gasteiger charge is 2.47. The number of carbonyl (C=O) groups is 1. The van der Waals surface area contributed by atoms with E-state index in [4.69, 9.17) is 0 Å². The van der Waals surface area contributed by atoms with Gasteiger partial charge in [0.1, 0.15) is 25.0 Å². The second-order valence-electron chi connectivity index (χ2n) is 8.30. The fourth-order valence-corrected chi connectivity index (χ4v) is 4.04. The molecule has 2 aromatic heterocycles. The van der Waals surface area contributed by atoms with Crippen molar-refractivity contribution in [2.24, 2.45) is 5.41 Å². The standard InChI is InChI=1S/C18H25N7O/c1-18(6-7-18)17(26)23-8-4-13(5-9-23)16-22-21-15(25(16)14-2-3-14)10-24-12-19-11-20-24/h11-14H,2-10H2,1H3. The summed E-state index contributed by atoms with van der Waals surface area (Å²) in [5.74, 6) is 2.82. The first-order valence-corrected chi connectivity index (χ1v) is 9.69. The third-order valence-electron chi connectivity index (χ3n) is 6.14. The molecule has 0 N–H and O–H groups in total. The molecule has 26 heavy (non-hydrogen) atoms. The molecule has 1 amide bonds. The first kappa shape index (κ1) is 16.0. The summed E-state index contributed by atoms with van der Waals surface area (Å²) in [4.78, 5) is 18.6. The summed E-state index contributed by atoms with van der Waals surface area (Å²) in [6.07, 6.45) is 9.73. The van der Waals surface area contributed by atoms with Crippen LogP contribution in [0.1, 0.15) is 69.1 Å². The van der Waals surface area contributed by atoms with Crippen molar-refractivity contribution in [2.75, 3.05) is 13.1 Å². The molecule has 0 spiro atoms. The SMILES string of the molecule is CC1(C(=O)N2CCC(c3nnc(Cn4cncn4)n3C3CC3)CC2)CC1. The second-order valence-corrected chi connectivity index (χ2v) is 8.30. The zero-order chi connectivity index (χ0) is 17.7. The molecule has 3 fully saturated rings. The first-order valence-electron chi connectivity index (χ1n) is 9.69. The van der Waals surface area contributed by atoms with Crippen LogP contribution in [0.5, 0.6) is 0 Å². The molecule has 1 aliphatic heterocycles. The van der Waals surface area contributed by atoms with Crippen LogP contribution in [0.3, 0.4) is 0 Å². The van der Waals surface area contributed by atoms with Gasteiger partial charge in [0.05, 0.1) is 0 Å². The number of hydrogen-bond donors (Lipinski definition) is 0. The molecule has 0 unspecified atom stereocenters. The number of piperidine rings is 1. The van der Waals surface area contributed by atoms with Crippen molar-refractivity contribution in [1.29, 1.82) is 0 Å². The lowest BCUT2D eigenvalue weighted by Gasteiger charge is -2.33. The smallest absolute Gasteiger partial charge is 0.228 e. The Balaban J connectivity index is 1.31. The summed E-state index contributed by atoms with van der Waals surface area (Å²) in [7, 11) is 0. The Kier molecular flexibility index (Phi) is 3.62. The number of amides is 1. The molecule has 0 atom stereocenters. The number of hydrogen-bond acceptors (Lipinski definition) is 5. The predicted octanol–water partition coefficient (Wildman–Crippen LogP) is 1.76. The Hall–Kier alpha value is -2.25. The molecule has 0 radical (unpaired) electrons. The number of aromatic nitrogens is 6. The van der Waals surface area contributed by atoms with Gasteiger partial charge in [0.15, 0.2) is 5.82 Å². The summed E-state index contributed by atoms with van der Waals surface area (Å²) in [5.41, 5.74) is -0.0636. The largest absolute Gasteiger partial charge is 0.342 e. The minimum Gasteiger partial charge on any atom is -0.342 e. The monoisotopic (exact) mass is 355 g/mol. The number of rotatable bonds is 5. The van der Waals surface area contributed by atoms with Crippen molar-refractivity contribution in [3.05, 3.63) is 24.3 Å². The van der Waals surface area contributed by atoms with Crippen molar-refractivity contribution in [2.45, 2.75) is 64.0 Å². The van der Waals surface area contributed by atoms with Crippen LogP contribution in [0.4, 0.5) is 0 Å². The Morgan fingerprint density at radius 1 is 1.19 bits per heavy atom. The summed E-state index contributed by atoms with van der Waals surface area (Å²) in [6, 6.07) is 0.531. The quantitative estimate of drug-likeness (QED) is 0.816. The Labute approximate surface area is 152 Å². The van der Waals surface area contributed by atoms with Gasteiger partial charge >= 0.3 is 0 Å². The van der Waals surface area contributed by atoms with E-state index in [1.165, 1.54) is 12.8 Å². The fraction of sp³-hybridized carbons (Fsp3) is 0.722. The van der Waals surface area contributed by atoms with E-state index in [1.54, 1.807) is 17.3 Å². The highest BCUT2D eigenvalue weighted by Crippen LogP contribution is 2.47. The van der Waals surface area contributed by atoms with Crippen LogP contribution >= 0.6 is 0 Å². The summed E-state index contributed by atoms with van der Waals surface area (Å²) < 4.78 is 4.14. The molecule has 1 saturated heterocycles. The van der Waals surface area contributed by atoms with Gasteiger partial charge < -0.3 is 9.47 Å². The molecular weight excluding hydrogens is 330 g/mol. The molecule has 2 aromatic rings. The average Bonchev–Trinajstić information content (AvgIpc) is 3.55. The highest BCUT2D eigenvalue weighted by atomic mass is 16.2. The van der Waals surface area contributed by atoms with Gasteiger partial charge in [-0.1, -0.05) is 6.92 Å². The topological polar surface area (TPSA) is 81.7 Å². The molecule has 3 aliphatic rings. The lowest BCUT2D eigenvalue weighted by Crippen LogP contribution is -2.41. The summed E-state index contributed by atoms with van der Waals surface area (Å²) >= 11 is 0. The number of likely N-dealkylation sites (tertiary alicyclic amines) is 1. The molecule has 3 heterocycles. The third-order valence-corrected chi connectivity index (χ3v) is 6.14. The third kappa shape index (κ3) is 2.81. The van der Waals surface area contributed by atoms with Gasteiger partial charge in [-0.05, 0) is 38.5 Å². The van der Waals surface area contributed by atoms with E-state index in [-0.39, 0.29) is 5.41 Å². The summed E-state index contributed by atoms with van der Waals surface area (Å²) in [5, 5.41) is 13.2. The molecule has 8 heteroatoms. The second kappa shape index (κ2) is 5.89. The van der Waals surface area contributed by atoms with E-state index in [9.17, 15) is 4.79 Å². The van der Waals surface area contributed by atoms with E-state index >= 15 is 0 Å². The Morgan fingerprint density at radius 2 is 1.96 bits per heavy atom.